The number of para-hydroxylation sites is 1. The molecule has 7 nitrogen and oxygen atoms in total. The number of hydrogen-bond acceptors (Lipinski definition) is 5. The summed E-state index contributed by atoms with van der Waals surface area (Å²) in [5, 5.41) is 0.995. The van der Waals surface area contributed by atoms with Crippen molar-refractivity contribution in [2.75, 3.05) is 31.1 Å². The van der Waals surface area contributed by atoms with E-state index < -0.39 is 12.0 Å². The normalized spacial score (nSPS) is 20.2. The highest BCUT2D eigenvalue weighted by Crippen LogP contribution is 2.32. The highest BCUT2D eigenvalue weighted by molar-refractivity contribution is 5.91. The van der Waals surface area contributed by atoms with Gasteiger partial charge in [-0.2, -0.15) is 5.06 Å². The van der Waals surface area contributed by atoms with Crippen molar-refractivity contribution in [3.05, 3.63) is 29.8 Å². The van der Waals surface area contributed by atoms with Crippen molar-refractivity contribution in [3.63, 3.8) is 0 Å². The van der Waals surface area contributed by atoms with Gasteiger partial charge >= 0.3 is 5.97 Å². The van der Waals surface area contributed by atoms with Crippen LogP contribution in [0.25, 0.3) is 0 Å². The first-order valence-corrected chi connectivity index (χ1v) is 10.4. The third-order valence-electron chi connectivity index (χ3n) is 5.58. The fourth-order valence-electron chi connectivity index (χ4n) is 3.94. The van der Waals surface area contributed by atoms with Crippen LogP contribution in [-0.2, 0) is 24.6 Å². The van der Waals surface area contributed by atoms with E-state index >= 15 is 0 Å². The van der Waals surface area contributed by atoms with Crippen molar-refractivity contribution >= 4 is 23.5 Å². The second-order valence-corrected chi connectivity index (χ2v) is 8.67. The Morgan fingerprint density at radius 3 is 2.38 bits per heavy atom. The molecule has 158 valence electrons. The van der Waals surface area contributed by atoms with Gasteiger partial charge in [0.2, 0.25) is 5.91 Å². The minimum absolute atomic E-state index is 0.0391. The molecule has 2 heterocycles. The molecule has 1 aromatic carbocycles. The minimum atomic E-state index is -0.702. The summed E-state index contributed by atoms with van der Waals surface area (Å²) in [6.07, 6.45) is 0.782. The molecule has 0 aliphatic carbocycles. The highest BCUT2D eigenvalue weighted by Gasteiger charge is 2.41. The van der Waals surface area contributed by atoms with Crippen LogP contribution in [-0.4, -0.2) is 60.0 Å². The summed E-state index contributed by atoms with van der Waals surface area (Å²) < 4.78 is 0. The van der Waals surface area contributed by atoms with Gasteiger partial charge in [-0.15, -0.1) is 0 Å². The van der Waals surface area contributed by atoms with E-state index in [2.05, 4.69) is 43.9 Å². The first kappa shape index (κ1) is 21.1. The van der Waals surface area contributed by atoms with Crippen molar-refractivity contribution in [1.29, 1.82) is 0 Å². The number of rotatable bonds is 4. The first-order valence-electron chi connectivity index (χ1n) is 10.4. The van der Waals surface area contributed by atoms with Gasteiger partial charge in [0.1, 0.15) is 6.04 Å². The fraction of sp³-hybridized carbons (Fsp3) is 0.591. The van der Waals surface area contributed by atoms with E-state index in [1.54, 1.807) is 11.8 Å². The first-order chi connectivity index (χ1) is 13.7. The molecule has 0 aromatic heterocycles. The van der Waals surface area contributed by atoms with Gasteiger partial charge in [0.25, 0.3) is 5.91 Å². The van der Waals surface area contributed by atoms with Gasteiger partial charge in [0.15, 0.2) is 0 Å². The Balaban J connectivity index is 1.66. The Labute approximate surface area is 172 Å². The Hall–Kier alpha value is -2.57. The van der Waals surface area contributed by atoms with Crippen LogP contribution in [0.15, 0.2) is 24.3 Å². The number of nitrogens with zero attached hydrogens (tertiary/aromatic N) is 3. The van der Waals surface area contributed by atoms with Crippen LogP contribution in [0.4, 0.5) is 5.69 Å². The molecule has 7 heteroatoms. The third kappa shape index (κ3) is 4.54. The maximum atomic E-state index is 13.0. The molecule has 0 bridgehead atoms. The second kappa shape index (κ2) is 8.43. The molecular formula is C22H31N3O4. The minimum Gasteiger partial charge on any atom is -0.368 e. The maximum Gasteiger partial charge on any atom is 0.332 e. The van der Waals surface area contributed by atoms with Gasteiger partial charge in [-0.1, -0.05) is 45.9 Å². The zero-order valence-corrected chi connectivity index (χ0v) is 17.8. The number of carbonyl (C=O) groups is 3. The van der Waals surface area contributed by atoms with E-state index in [0.29, 0.717) is 19.5 Å². The molecule has 2 fully saturated rings. The van der Waals surface area contributed by atoms with Crippen molar-refractivity contribution in [2.45, 2.75) is 58.4 Å². The topological polar surface area (TPSA) is 70.2 Å². The van der Waals surface area contributed by atoms with Crippen LogP contribution >= 0.6 is 0 Å². The van der Waals surface area contributed by atoms with E-state index in [9.17, 15) is 14.4 Å². The van der Waals surface area contributed by atoms with Crippen LogP contribution in [0.5, 0.6) is 0 Å². The SMILES string of the molecule is CCC(=O)ON1C(=O)CCC1C(=O)N1CCN(c2ccccc2C(C)(C)C)CC1. The Bertz CT molecular complexity index is 779. The molecule has 1 aromatic rings. The zero-order chi connectivity index (χ0) is 21.2. The average Bonchev–Trinajstić information content (AvgIpc) is 3.07. The quantitative estimate of drug-likeness (QED) is 0.775. The molecule has 2 saturated heterocycles. The van der Waals surface area contributed by atoms with Gasteiger partial charge in [-0.3, -0.25) is 9.59 Å². The van der Waals surface area contributed by atoms with Gasteiger partial charge in [-0.25, -0.2) is 4.79 Å². The van der Waals surface area contributed by atoms with Crippen molar-refractivity contribution < 1.29 is 19.2 Å². The predicted molar refractivity (Wildman–Crippen MR) is 110 cm³/mol. The molecule has 2 amide bonds. The molecule has 2 aliphatic rings. The summed E-state index contributed by atoms with van der Waals surface area (Å²) in [5.41, 5.74) is 2.54. The molecule has 1 atom stereocenters. The van der Waals surface area contributed by atoms with Crippen molar-refractivity contribution in [3.8, 4) is 0 Å². The molecule has 2 aliphatic heterocycles. The summed E-state index contributed by atoms with van der Waals surface area (Å²) in [6, 6.07) is 7.71. The standard InChI is InChI=1S/C22H31N3O4/c1-5-20(27)29-25-18(10-11-19(25)26)21(28)24-14-12-23(13-15-24)17-9-7-6-8-16(17)22(2,3)4/h6-9,18H,5,10-15H2,1-4H3. The maximum absolute atomic E-state index is 13.0. The predicted octanol–water partition coefficient (Wildman–Crippen LogP) is 2.49. The molecule has 0 spiro atoms. The van der Waals surface area contributed by atoms with Crippen molar-refractivity contribution in [2.24, 2.45) is 0 Å². The molecule has 29 heavy (non-hydrogen) atoms. The summed E-state index contributed by atoms with van der Waals surface area (Å²) >= 11 is 0. The van der Waals surface area contributed by atoms with E-state index in [4.69, 9.17) is 4.84 Å². The Kier molecular flexibility index (Phi) is 6.15. The zero-order valence-electron chi connectivity index (χ0n) is 17.8. The second-order valence-electron chi connectivity index (χ2n) is 8.67. The molecule has 3 rings (SSSR count). The van der Waals surface area contributed by atoms with Crippen LogP contribution in [0.3, 0.4) is 0 Å². The molecule has 0 radical (unpaired) electrons. The van der Waals surface area contributed by atoms with Gasteiger partial charge < -0.3 is 14.6 Å². The lowest BCUT2D eigenvalue weighted by Gasteiger charge is -2.39. The molecular weight excluding hydrogens is 370 g/mol. The lowest BCUT2D eigenvalue weighted by atomic mass is 9.85. The average molecular weight is 402 g/mol. The van der Waals surface area contributed by atoms with E-state index in [1.165, 1.54) is 11.3 Å². The smallest absolute Gasteiger partial charge is 0.332 e. The number of hydrogen-bond donors (Lipinski definition) is 0. The highest BCUT2D eigenvalue weighted by atomic mass is 16.7. The fourth-order valence-corrected chi connectivity index (χ4v) is 3.94. The van der Waals surface area contributed by atoms with E-state index in [0.717, 1.165) is 18.2 Å². The Morgan fingerprint density at radius 1 is 1.10 bits per heavy atom. The molecule has 0 saturated carbocycles. The summed E-state index contributed by atoms with van der Waals surface area (Å²) in [6.45, 7) is 10.9. The summed E-state index contributed by atoms with van der Waals surface area (Å²) in [4.78, 5) is 45.9. The van der Waals surface area contributed by atoms with Crippen molar-refractivity contribution in [1.82, 2.24) is 9.96 Å². The number of carbonyl (C=O) groups excluding carboxylic acids is 3. The van der Waals surface area contributed by atoms with Crippen LogP contribution in [0.2, 0.25) is 0 Å². The number of benzene rings is 1. The number of hydroxylamine groups is 2. The van der Waals surface area contributed by atoms with Crippen LogP contribution < -0.4 is 4.90 Å². The van der Waals surface area contributed by atoms with Crippen LogP contribution in [0, 0.1) is 0 Å². The lowest BCUT2D eigenvalue weighted by molar-refractivity contribution is -0.202. The monoisotopic (exact) mass is 401 g/mol. The summed E-state index contributed by atoms with van der Waals surface area (Å²) in [5.74, 6) is -0.937. The molecule has 0 N–H and O–H groups in total. The lowest BCUT2D eigenvalue weighted by Crippen LogP contribution is -2.54. The number of amides is 2. The van der Waals surface area contributed by atoms with Crippen LogP contribution in [0.1, 0.15) is 52.5 Å². The van der Waals surface area contributed by atoms with Gasteiger partial charge in [0, 0.05) is 44.7 Å². The van der Waals surface area contributed by atoms with E-state index in [-0.39, 0.29) is 30.1 Å². The summed E-state index contributed by atoms with van der Waals surface area (Å²) in [7, 11) is 0. The van der Waals surface area contributed by atoms with Gasteiger partial charge in [0.05, 0.1) is 0 Å². The van der Waals surface area contributed by atoms with Gasteiger partial charge in [-0.05, 0) is 23.5 Å². The Morgan fingerprint density at radius 2 is 1.76 bits per heavy atom. The largest absolute Gasteiger partial charge is 0.368 e. The number of piperazine rings is 1. The number of anilines is 1. The molecule has 1 unspecified atom stereocenters. The van der Waals surface area contributed by atoms with E-state index in [1.807, 2.05) is 6.07 Å². The third-order valence-corrected chi connectivity index (χ3v) is 5.58.